The number of carbonyl (C=O) groups excluding carboxylic acids is 1. The maximum absolute atomic E-state index is 12.6. The minimum atomic E-state index is -0.281. The van der Waals surface area contributed by atoms with Crippen molar-refractivity contribution in [2.45, 2.75) is 39.2 Å². The van der Waals surface area contributed by atoms with Crippen LogP contribution in [0.25, 0.3) is 0 Å². The van der Waals surface area contributed by atoms with Crippen LogP contribution in [-0.4, -0.2) is 24.7 Å². The Morgan fingerprint density at radius 3 is 2.50 bits per heavy atom. The van der Waals surface area contributed by atoms with Gasteiger partial charge in [-0.1, -0.05) is 50.5 Å². The second-order valence-electron chi connectivity index (χ2n) is 6.39. The quantitative estimate of drug-likeness (QED) is 0.455. The third-order valence-electron chi connectivity index (χ3n) is 4.23. The SMILES string of the molecule is CCCCCCOc1ccccc1C(=O)NC(=S)NCc1ccc(OC)cc1. The van der Waals surface area contributed by atoms with E-state index in [0.29, 0.717) is 24.5 Å². The molecule has 0 atom stereocenters. The van der Waals surface area contributed by atoms with Crippen molar-refractivity contribution >= 4 is 23.2 Å². The van der Waals surface area contributed by atoms with Crippen molar-refractivity contribution < 1.29 is 14.3 Å². The van der Waals surface area contributed by atoms with E-state index in [-0.39, 0.29) is 11.0 Å². The Kier molecular flexibility index (Phi) is 9.28. The topological polar surface area (TPSA) is 59.6 Å². The number of nitrogens with one attached hydrogen (secondary N) is 2. The van der Waals surface area contributed by atoms with Gasteiger partial charge in [0.1, 0.15) is 11.5 Å². The van der Waals surface area contributed by atoms with Gasteiger partial charge in [0.25, 0.3) is 5.91 Å². The van der Waals surface area contributed by atoms with E-state index in [1.807, 2.05) is 42.5 Å². The van der Waals surface area contributed by atoms with E-state index in [1.165, 1.54) is 12.8 Å². The fourth-order valence-electron chi connectivity index (χ4n) is 2.63. The molecule has 2 aromatic rings. The lowest BCUT2D eigenvalue weighted by Crippen LogP contribution is -2.39. The number of unbranched alkanes of at least 4 members (excludes halogenated alkanes) is 3. The molecule has 0 heterocycles. The average Bonchev–Trinajstić information content (AvgIpc) is 2.72. The van der Waals surface area contributed by atoms with E-state index in [9.17, 15) is 4.79 Å². The highest BCUT2D eigenvalue weighted by atomic mass is 32.1. The van der Waals surface area contributed by atoms with E-state index in [2.05, 4.69) is 17.6 Å². The third kappa shape index (κ3) is 7.19. The monoisotopic (exact) mass is 400 g/mol. The number of amides is 1. The van der Waals surface area contributed by atoms with Gasteiger partial charge in [-0.3, -0.25) is 10.1 Å². The second kappa shape index (κ2) is 12.0. The van der Waals surface area contributed by atoms with E-state index >= 15 is 0 Å². The van der Waals surface area contributed by atoms with Gasteiger partial charge in [0.15, 0.2) is 5.11 Å². The third-order valence-corrected chi connectivity index (χ3v) is 4.47. The molecule has 0 radical (unpaired) electrons. The standard InChI is InChI=1S/C22H28N2O3S/c1-3-4-5-8-15-27-20-10-7-6-9-19(20)21(25)24-22(28)23-16-17-11-13-18(26-2)14-12-17/h6-7,9-14H,3-5,8,15-16H2,1-2H3,(H2,23,24,25,28). The summed E-state index contributed by atoms with van der Waals surface area (Å²) in [4.78, 5) is 12.6. The van der Waals surface area contributed by atoms with Gasteiger partial charge < -0.3 is 14.8 Å². The highest BCUT2D eigenvalue weighted by molar-refractivity contribution is 7.80. The number of ether oxygens (including phenoxy) is 2. The van der Waals surface area contributed by atoms with Crippen LogP contribution >= 0.6 is 12.2 Å². The van der Waals surface area contributed by atoms with Crippen molar-refractivity contribution in [3.05, 3.63) is 59.7 Å². The Morgan fingerprint density at radius 2 is 1.79 bits per heavy atom. The van der Waals surface area contributed by atoms with Crippen molar-refractivity contribution in [3.63, 3.8) is 0 Å². The van der Waals surface area contributed by atoms with Gasteiger partial charge in [-0.25, -0.2) is 0 Å². The number of methoxy groups -OCH3 is 1. The Balaban J connectivity index is 1.84. The van der Waals surface area contributed by atoms with Crippen molar-refractivity contribution in [1.82, 2.24) is 10.6 Å². The van der Waals surface area contributed by atoms with E-state index < -0.39 is 0 Å². The fourth-order valence-corrected chi connectivity index (χ4v) is 2.80. The molecule has 28 heavy (non-hydrogen) atoms. The molecule has 0 aliphatic heterocycles. The van der Waals surface area contributed by atoms with E-state index in [4.69, 9.17) is 21.7 Å². The van der Waals surface area contributed by atoms with Crippen molar-refractivity contribution in [3.8, 4) is 11.5 Å². The molecule has 5 nitrogen and oxygen atoms in total. The van der Waals surface area contributed by atoms with Crippen LogP contribution in [0.15, 0.2) is 48.5 Å². The van der Waals surface area contributed by atoms with Crippen LogP contribution in [0.4, 0.5) is 0 Å². The van der Waals surface area contributed by atoms with Gasteiger partial charge in [-0.05, 0) is 48.5 Å². The lowest BCUT2D eigenvalue weighted by molar-refractivity contribution is 0.0972. The molecule has 6 heteroatoms. The first-order valence-corrected chi connectivity index (χ1v) is 9.98. The smallest absolute Gasteiger partial charge is 0.261 e. The first-order valence-electron chi connectivity index (χ1n) is 9.58. The molecular weight excluding hydrogens is 372 g/mol. The van der Waals surface area contributed by atoms with Crippen LogP contribution < -0.4 is 20.1 Å². The van der Waals surface area contributed by atoms with Crippen LogP contribution in [-0.2, 0) is 6.54 Å². The van der Waals surface area contributed by atoms with Crippen molar-refractivity contribution in [2.75, 3.05) is 13.7 Å². The molecule has 0 bridgehead atoms. The summed E-state index contributed by atoms with van der Waals surface area (Å²) in [5, 5.41) is 6.03. The molecular formula is C22H28N2O3S. The Hall–Kier alpha value is -2.60. The highest BCUT2D eigenvalue weighted by Crippen LogP contribution is 2.18. The summed E-state index contributed by atoms with van der Waals surface area (Å²) in [5.41, 5.74) is 1.51. The van der Waals surface area contributed by atoms with Crippen LogP contribution in [0.5, 0.6) is 11.5 Å². The minimum Gasteiger partial charge on any atom is -0.497 e. The van der Waals surface area contributed by atoms with Crippen LogP contribution in [0.3, 0.4) is 0 Å². The van der Waals surface area contributed by atoms with Crippen molar-refractivity contribution in [2.24, 2.45) is 0 Å². The molecule has 0 aliphatic rings. The highest BCUT2D eigenvalue weighted by Gasteiger charge is 2.13. The number of hydrogen-bond acceptors (Lipinski definition) is 4. The zero-order valence-electron chi connectivity index (χ0n) is 16.5. The number of thiocarbonyl (C=S) groups is 1. The average molecular weight is 401 g/mol. The molecule has 0 fully saturated rings. The molecule has 0 spiro atoms. The largest absolute Gasteiger partial charge is 0.497 e. The van der Waals surface area contributed by atoms with Gasteiger partial charge in [0.05, 0.1) is 19.3 Å². The number of para-hydroxylation sites is 1. The number of hydrogen-bond donors (Lipinski definition) is 2. The normalized spacial score (nSPS) is 10.2. The summed E-state index contributed by atoms with van der Waals surface area (Å²) in [6.45, 7) is 3.29. The second-order valence-corrected chi connectivity index (χ2v) is 6.80. The fraction of sp³-hybridized carbons (Fsp3) is 0.364. The molecule has 0 unspecified atom stereocenters. The maximum atomic E-state index is 12.6. The summed E-state index contributed by atoms with van der Waals surface area (Å²) in [6, 6.07) is 14.9. The van der Waals surface area contributed by atoms with Gasteiger partial charge in [-0.2, -0.15) is 0 Å². The summed E-state index contributed by atoms with van der Waals surface area (Å²) >= 11 is 5.25. The molecule has 2 aromatic carbocycles. The molecule has 0 aromatic heterocycles. The molecule has 150 valence electrons. The first-order chi connectivity index (χ1) is 13.6. The molecule has 0 saturated carbocycles. The van der Waals surface area contributed by atoms with E-state index in [1.54, 1.807) is 13.2 Å². The van der Waals surface area contributed by atoms with E-state index in [0.717, 1.165) is 24.2 Å². The van der Waals surface area contributed by atoms with Crippen molar-refractivity contribution in [1.29, 1.82) is 0 Å². The Labute approximate surface area is 172 Å². The summed E-state index contributed by atoms with van der Waals surface area (Å²) < 4.78 is 10.9. The molecule has 0 saturated heterocycles. The molecule has 1 amide bonds. The Bertz CT molecular complexity index is 763. The minimum absolute atomic E-state index is 0.276. The first kappa shape index (κ1) is 21.7. The lowest BCUT2D eigenvalue weighted by atomic mass is 10.2. The maximum Gasteiger partial charge on any atom is 0.261 e. The van der Waals surface area contributed by atoms with Crippen LogP contribution in [0.2, 0.25) is 0 Å². The van der Waals surface area contributed by atoms with Gasteiger partial charge in [0, 0.05) is 6.54 Å². The van der Waals surface area contributed by atoms with Gasteiger partial charge in [-0.15, -0.1) is 0 Å². The molecule has 2 rings (SSSR count). The molecule has 2 N–H and O–H groups in total. The predicted molar refractivity (Wildman–Crippen MR) is 116 cm³/mol. The Morgan fingerprint density at radius 1 is 1.04 bits per heavy atom. The lowest BCUT2D eigenvalue weighted by Gasteiger charge is -2.13. The summed E-state index contributed by atoms with van der Waals surface area (Å²) in [5.74, 6) is 1.09. The number of rotatable bonds is 10. The number of carbonyl (C=O) groups is 1. The zero-order valence-corrected chi connectivity index (χ0v) is 17.3. The zero-order chi connectivity index (χ0) is 20.2. The van der Waals surface area contributed by atoms with Gasteiger partial charge >= 0.3 is 0 Å². The summed E-state index contributed by atoms with van der Waals surface area (Å²) in [7, 11) is 1.63. The van der Waals surface area contributed by atoms with Crippen LogP contribution in [0.1, 0.15) is 48.5 Å². The van der Waals surface area contributed by atoms with Crippen LogP contribution in [0, 0.1) is 0 Å². The van der Waals surface area contributed by atoms with Gasteiger partial charge in [0.2, 0.25) is 0 Å². The molecule has 0 aliphatic carbocycles. The predicted octanol–water partition coefficient (Wildman–Crippen LogP) is 4.46. The number of benzene rings is 2. The summed E-state index contributed by atoms with van der Waals surface area (Å²) in [6.07, 6.45) is 4.48.